The third-order valence-electron chi connectivity index (χ3n) is 3.39. The van der Waals surface area contributed by atoms with Crippen molar-refractivity contribution in [2.45, 2.75) is 38.2 Å². The van der Waals surface area contributed by atoms with Crippen LogP contribution in [0.25, 0.3) is 0 Å². The second-order valence-corrected chi connectivity index (χ2v) is 4.07. The van der Waals surface area contributed by atoms with Gasteiger partial charge in [0, 0.05) is 0 Å². The van der Waals surface area contributed by atoms with Crippen molar-refractivity contribution in [3.05, 3.63) is 0 Å². The van der Waals surface area contributed by atoms with E-state index in [1.54, 1.807) is 0 Å². The SMILES string of the molecule is COC(=O)OC1C2CCCC1CC2. The fourth-order valence-corrected chi connectivity index (χ4v) is 2.75. The summed E-state index contributed by atoms with van der Waals surface area (Å²) in [5.74, 6) is 1.22. The zero-order valence-corrected chi connectivity index (χ0v) is 7.99. The number of methoxy groups -OCH3 is 1. The molecule has 2 bridgehead atoms. The van der Waals surface area contributed by atoms with E-state index in [1.807, 2.05) is 0 Å². The van der Waals surface area contributed by atoms with E-state index >= 15 is 0 Å². The number of ether oxygens (including phenoxy) is 2. The van der Waals surface area contributed by atoms with Crippen molar-refractivity contribution in [1.29, 1.82) is 0 Å². The second kappa shape index (κ2) is 3.56. The molecule has 0 amide bonds. The van der Waals surface area contributed by atoms with Crippen molar-refractivity contribution in [2.75, 3.05) is 7.11 Å². The Kier molecular flexibility index (Phi) is 2.42. The Morgan fingerprint density at radius 2 is 1.77 bits per heavy atom. The molecule has 0 saturated heterocycles. The van der Waals surface area contributed by atoms with Crippen LogP contribution >= 0.6 is 0 Å². The lowest BCUT2D eigenvalue weighted by Gasteiger charge is -2.28. The number of carbonyl (C=O) groups excluding carboxylic acids is 1. The monoisotopic (exact) mass is 184 g/mol. The summed E-state index contributed by atoms with van der Waals surface area (Å²) in [7, 11) is 1.37. The summed E-state index contributed by atoms with van der Waals surface area (Å²) in [6, 6.07) is 0. The van der Waals surface area contributed by atoms with Gasteiger partial charge in [-0.05, 0) is 37.5 Å². The zero-order valence-electron chi connectivity index (χ0n) is 7.99. The second-order valence-electron chi connectivity index (χ2n) is 4.07. The van der Waals surface area contributed by atoms with Crippen molar-refractivity contribution >= 4 is 6.16 Å². The Bertz CT molecular complexity index is 186. The predicted octanol–water partition coefficient (Wildman–Crippen LogP) is 2.35. The fourth-order valence-electron chi connectivity index (χ4n) is 2.75. The standard InChI is InChI=1S/C10H16O3/c1-12-10(11)13-9-7-3-2-4-8(9)6-5-7/h7-9H,2-6H2,1H3. The minimum atomic E-state index is -0.510. The summed E-state index contributed by atoms with van der Waals surface area (Å²) in [4.78, 5) is 11.0. The van der Waals surface area contributed by atoms with E-state index in [1.165, 1.54) is 39.2 Å². The van der Waals surface area contributed by atoms with Gasteiger partial charge in [0.2, 0.25) is 0 Å². The highest BCUT2D eigenvalue weighted by atomic mass is 16.7. The third-order valence-corrected chi connectivity index (χ3v) is 3.39. The number of hydrogen-bond acceptors (Lipinski definition) is 3. The summed E-state index contributed by atoms with van der Waals surface area (Å²) in [6.07, 6.45) is 5.84. The Morgan fingerprint density at radius 3 is 2.31 bits per heavy atom. The number of fused-ring (bicyclic) bond motifs is 2. The van der Waals surface area contributed by atoms with E-state index in [9.17, 15) is 4.79 Å². The van der Waals surface area contributed by atoms with Crippen LogP contribution in [-0.2, 0) is 9.47 Å². The van der Waals surface area contributed by atoms with Crippen LogP contribution in [-0.4, -0.2) is 19.4 Å². The lowest BCUT2D eigenvalue weighted by molar-refractivity contribution is -0.00902. The Labute approximate surface area is 78.4 Å². The van der Waals surface area contributed by atoms with Crippen molar-refractivity contribution in [1.82, 2.24) is 0 Å². The van der Waals surface area contributed by atoms with Crippen LogP contribution in [0.1, 0.15) is 32.1 Å². The van der Waals surface area contributed by atoms with Crippen LogP contribution in [0, 0.1) is 11.8 Å². The maximum atomic E-state index is 11.0. The largest absolute Gasteiger partial charge is 0.508 e. The normalized spacial score (nSPS) is 37.2. The van der Waals surface area contributed by atoms with Crippen LogP contribution in [0.5, 0.6) is 0 Å². The van der Waals surface area contributed by atoms with Gasteiger partial charge in [0.15, 0.2) is 0 Å². The first-order valence-corrected chi connectivity index (χ1v) is 5.06. The molecule has 3 heteroatoms. The number of carbonyl (C=O) groups is 1. The van der Waals surface area contributed by atoms with E-state index in [0.29, 0.717) is 11.8 Å². The van der Waals surface area contributed by atoms with Gasteiger partial charge in [-0.15, -0.1) is 0 Å². The molecule has 2 atom stereocenters. The topological polar surface area (TPSA) is 35.5 Å². The molecule has 0 spiro atoms. The zero-order chi connectivity index (χ0) is 9.26. The smallest absolute Gasteiger partial charge is 0.438 e. The molecule has 3 nitrogen and oxygen atoms in total. The molecular formula is C10H16O3. The molecule has 0 aromatic carbocycles. The molecule has 0 aliphatic heterocycles. The minimum absolute atomic E-state index is 0.154. The molecule has 2 rings (SSSR count). The maximum Gasteiger partial charge on any atom is 0.508 e. The molecule has 2 unspecified atom stereocenters. The van der Waals surface area contributed by atoms with Crippen LogP contribution in [0.2, 0.25) is 0 Å². The molecule has 2 saturated carbocycles. The molecule has 0 heterocycles. The van der Waals surface area contributed by atoms with E-state index in [2.05, 4.69) is 4.74 Å². The minimum Gasteiger partial charge on any atom is -0.438 e. The molecular weight excluding hydrogens is 168 g/mol. The van der Waals surface area contributed by atoms with Crippen molar-refractivity contribution < 1.29 is 14.3 Å². The van der Waals surface area contributed by atoms with Crippen LogP contribution in [0.4, 0.5) is 4.79 Å². The summed E-state index contributed by atoms with van der Waals surface area (Å²) < 4.78 is 9.78. The van der Waals surface area contributed by atoms with Gasteiger partial charge < -0.3 is 9.47 Å². The molecule has 74 valence electrons. The summed E-state index contributed by atoms with van der Waals surface area (Å²) in [6.45, 7) is 0. The molecule has 0 radical (unpaired) electrons. The average molecular weight is 184 g/mol. The highest BCUT2D eigenvalue weighted by Crippen LogP contribution is 2.43. The van der Waals surface area contributed by atoms with Crippen molar-refractivity contribution in [3.8, 4) is 0 Å². The van der Waals surface area contributed by atoms with Crippen LogP contribution in [0.3, 0.4) is 0 Å². The average Bonchev–Trinajstić information content (AvgIpc) is 2.41. The Morgan fingerprint density at radius 1 is 1.15 bits per heavy atom. The van der Waals surface area contributed by atoms with Gasteiger partial charge in [0.25, 0.3) is 0 Å². The molecule has 13 heavy (non-hydrogen) atoms. The van der Waals surface area contributed by atoms with E-state index in [0.717, 1.165) is 0 Å². The quantitative estimate of drug-likeness (QED) is 0.587. The Hall–Kier alpha value is -0.730. The van der Waals surface area contributed by atoms with Gasteiger partial charge in [-0.1, -0.05) is 6.42 Å². The Balaban J connectivity index is 1.95. The van der Waals surface area contributed by atoms with Crippen molar-refractivity contribution in [3.63, 3.8) is 0 Å². The van der Waals surface area contributed by atoms with Gasteiger partial charge in [-0.2, -0.15) is 0 Å². The van der Waals surface area contributed by atoms with Crippen molar-refractivity contribution in [2.24, 2.45) is 11.8 Å². The van der Waals surface area contributed by atoms with Gasteiger partial charge in [-0.25, -0.2) is 4.79 Å². The molecule has 2 aliphatic rings. The summed E-state index contributed by atoms with van der Waals surface area (Å²) >= 11 is 0. The number of rotatable bonds is 1. The molecule has 2 aliphatic carbocycles. The first kappa shape index (κ1) is 8.85. The highest BCUT2D eigenvalue weighted by molar-refractivity contribution is 5.59. The summed E-state index contributed by atoms with van der Waals surface area (Å²) in [5.41, 5.74) is 0. The molecule has 0 N–H and O–H groups in total. The summed E-state index contributed by atoms with van der Waals surface area (Å²) in [5, 5.41) is 0. The highest BCUT2D eigenvalue weighted by Gasteiger charge is 2.41. The van der Waals surface area contributed by atoms with Crippen LogP contribution < -0.4 is 0 Å². The van der Waals surface area contributed by atoms with Gasteiger partial charge in [-0.3, -0.25) is 0 Å². The van der Waals surface area contributed by atoms with Gasteiger partial charge in [0.1, 0.15) is 6.10 Å². The van der Waals surface area contributed by atoms with Gasteiger partial charge >= 0.3 is 6.16 Å². The first-order chi connectivity index (χ1) is 6.31. The molecule has 0 aromatic rings. The fraction of sp³-hybridized carbons (Fsp3) is 0.900. The lowest BCUT2D eigenvalue weighted by atomic mass is 9.86. The maximum absolute atomic E-state index is 11.0. The number of hydrogen-bond donors (Lipinski definition) is 0. The molecule has 2 fully saturated rings. The van der Waals surface area contributed by atoms with E-state index in [4.69, 9.17) is 4.74 Å². The lowest BCUT2D eigenvalue weighted by Crippen LogP contribution is -2.31. The van der Waals surface area contributed by atoms with Crippen LogP contribution in [0.15, 0.2) is 0 Å². The van der Waals surface area contributed by atoms with E-state index in [-0.39, 0.29) is 6.10 Å². The predicted molar refractivity (Wildman–Crippen MR) is 47.3 cm³/mol. The van der Waals surface area contributed by atoms with Gasteiger partial charge in [0.05, 0.1) is 7.11 Å². The first-order valence-electron chi connectivity index (χ1n) is 5.06. The third kappa shape index (κ3) is 1.64. The van der Waals surface area contributed by atoms with E-state index < -0.39 is 6.16 Å². The molecule has 0 aromatic heterocycles.